The molecule has 0 saturated carbocycles. The molecule has 0 radical (unpaired) electrons. The van der Waals surface area contributed by atoms with Gasteiger partial charge in [0, 0.05) is 50.3 Å². The summed E-state index contributed by atoms with van der Waals surface area (Å²) in [5.41, 5.74) is 0.817. The summed E-state index contributed by atoms with van der Waals surface area (Å²) in [6.07, 6.45) is 3.06. The van der Waals surface area contributed by atoms with Crippen LogP contribution in [0, 0.1) is 5.92 Å². The topological polar surface area (TPSA) is 128 Å². The predicted octanol–water partition coefficient (Wildman–Crippen LogP) is 2.77. The Morgan fingerprint density at radius 3 is 2.38 bits per heavy atom. The second kappa shape index (κ2) is 13.3. The van der Waals surface area contributed by atoms with Gasteiger partial charge in [0.05, 0.1) is 12.5 Å². The lowest BCUT2D eigenvalue weighted by Gasteiger charge is -2.30. The van der Waals surface area contributed by atoms with Crippen LogP contribution in [0.15, 0.2) is 30.3 Å². The van der Waals surface area contributed by atoms with Gasteiger partial charge in [-0.25, -0.2) is 0 Å². The van der Waals surface area contributed by atoms with Crippen LogP contribution in [-0.2, 0) is 16.1 Å². The van der Waals surface area contributed by atoms with Crippen molar-refractivity contribution in [3.8, 4) is 23.3 Å². The molecule has 0 spiro atoms. The number of carboxylic acids is 1. The summed E-state index contributed by atoms with van der Waals surface area (Å²) in [6.45, 7) is 5.11. The van der Waals surface area contributed by atoms with Crippen molar-refractivity contribution in [2.45, 2.75) is 51.1 Å². The van der Waals surface area contributed by atoms with Gasteiger partial charge >= 0.3 is 5.97 Å². The Labute approximate surface area is 235 Å². The van der Waals surface area contributed by atoms with Crippen LogP contribution in [0.25, 0.3) is 0 Å². The van der Waals surface area contributed by atoms with E-state index in [0.29, 0.717) is 37.6 Å². The van der Waals surface area contributed by atoms with E-state index in [0.717, 1.165) is 31.4 Å². The number of aromatic hydroxyl groups is 2. The number of aromatic nitrogens is 1. The van der Waals surface area contributed by atoms with E-state index in [-0.39, 0.29) is 43.5 Å². The Kier molecular flexibility index (Phi) is 9.80. The van der Waals surface area contributed by atoms with Gasteiger partial charge in [-0.2, -0.15) is 0 Å². The molecular formula is C29H42N4O7. The van der Waals surface area contributed by atoms with Gasteiger partial charge < -0.3 is 34.6 Å². The molecule has 2 aliphatic heterocycles. The van der Waals surface area contributed by atoms with Crippen LogP contribution < -0.4 is 9.47 Å². The minimum absolute atomic E-state index is 0.0145. The van der Waals surface area contributed by atoms with Gasteiger partial charge in [0.1, 0.15) is 0 Å². The van der Waals surface area contributed by atoms with E-state index in [2.05, 4.69) is 11.8 Å². The number of carbonyl (C=O) groups is 2. The summed E-state index contributed by atoms with van der Waals surface area (Å²) in [4.78, 5) is 32.4. The first-order chi connectivity index (χ1) is 19.2. The van der Waals surface area contributed by atoms with Crippen molar-refractivity contribution in [3.05, 3.63) is 35.9 Å². The van der Waals surface area contributed by atoms with Gasteiger partial charge in [-0.15, -0.1) is 0 Å². The molecular weight excluding hydrogens is 516 g/mol. The minimum Gasteiger partial charge on any atom is -0.494 e. The average Bonchev–Trinajstić information content (AvgIpc) is 3.61. The molecule has 2 aromatic rings. The lowest BCUT2D eigenvalue weighted by Crippen LogP contribution is -2.45. The third kappa shape index (κ3) is 6.82. The maximum absolute atomic E-state index is 13.6. The van der Waals surface area contributed by atoms with E-state index >= 15 is 0 Å². The van der Waals surface area contributed by atoms with Gasteiger partial charge in [-0.3, -0.25) is 19.1 Å². The van der Waals surface area contributed by atoms with Crippen LogP contribution in [0.3, 0.4) is 0 Å². The minimum atomic E-state index is -0.947. The standard InChI is InChI=1S/C29H42N4O7/c1-4-5-13-31(14-6-12-30(2)3)27(36)18-32-17-21(20-7-8-23-24(16-20)40-19-39-23)28(29(37)38)22(32)11-15-33-25(34)9-10-26(33)35/h7-10,16,21-22,28,34-35H,4-6,11-15,17-19H2,1-3H3,(H,37,38)/t21-,22+,28?/m1/s1. The fourth-order valence-corrected chi connectivity index (χ4v) is 5.83. The van der Waals surface area contributed by atoms with E-state index in [4.69, 9.17) is 9.47 Å². The van der Waals surface area contributed by atoms with E-state index in [1.165, 1.54) is 16.7 Å². The first kappa shape index (κ1) is 29.5. The van der Waals surface area contributed by atoms with Gasteiger partial charge in [-0.05, 0) is 57.6 Å². The monoisotopic (exact) mass is 558 g/mol. The number of unbranched alkanes of at least 4 members (excludes halogenated alkanes) is 1. The molecule has 1 amide bonds. The van der Waals surface area contributed by atoms with Crippen molar-refractivity contribution in [3.63, 3.8) is 0 Å². The summed E-state index contributed by atoms with van der Waals surface area (Å²) in [7, 11) is 4.02. The highest BCUT2D eigenvalue weighted by molar-refractivity contribution is 5.79. The molecule has 0 bridgehead atoms. The van der Waals surface area contributed by atoms with Crippen LogP contribution in [0.4, 0.5) is 0 Å². The Morgan fingerprint density at radius 1 is 1.00 bits per heavy atom. The number of likely N-dealkylation sites (tertiary alicyclic amines) is 1. The number of rotatable bonds is 14. The van der Waals surface area contributed by atoms with Crippen molar-refractivity contribution >= 4 is 11.9 Å². The number of hydrogen-bond donors (Lipinski definition) is 3. The van der Waals surface area contributed by atoms with E-state index < -0.39 is 17.9 Å². The molecule has 3 heterocycles. The Balaban J connectivity index is 1.59. The third-order valence-corrected chi connectivity index (χ3v) is 7.95. The molecule has 0 aliphatic carbocycles. The van der Waals surface area contributed by atoms with Crippen molar-refractivity contribution in [1.82, 2.24) is 19.3 Å². The maximum atomic E-state index is 13.6. The number of aliphatic carboxylic acids is 1. The normalized spacial score (nSPS) is 20.4. The summed E-state index contributed by atoms with van der Waals surface area (Å²) in [5.74, 6) is -1.12. The maximum Gasteiger partial charge on any atom is 0.308 e. The molecule has 11 heteroatoms. The number of fused-ring (bicyclic) bond motifs is 1. The molecule has 3 atom stereocenters. The number of carboxylic acid groups (broad SMARTS) is 1. The Morgan fingerprint density at radius 2 is 1.70 bits per heavy atom. The van der Waals surface area contributed by atoms with Gasteiger partial charge in [0.15, 0.2) is 23.3 Å². The second-order valence-corrected chi connectivity index (χ2v) is 11.0. The zero-order chi connectivity index (χ0) is 28.8. The molecule has 1 aromatic carbocycles. The number of nitrogens with zero attached hydrogens (tertiary/aromatic N) is 4. The predicted molar refractivity (Wildman–Crippen MR) is 149 cm³/mol. The van der Waals surface area contributed by atoms with Crippen molar-refractivity contribution in [2.24, 2.45) is 5.92 Å². The number of amides is 1. The van der Waals surface area contributed by atoms with E-state index in [9.17, 15) is 24.9 Å². The van der Waals surface area contributed by atoms with E-state index in [1.54, 1.807) is 6.07 Å². The zero-order valence-electron chi connectivity index (χ0n) is 23.7. The molecule has 40 heavy (non-hydrogen) atoms. The SMILES string of the molecule is CCCCN(CCCN(C)C)C(=O)CN1C[C@H](c2ccc3c(c2)OCO3)C(C(=O)O)[C@@H]1CCn1c(O)ccc1O. The van der Waals surface area contributed by atoms with Crippen molar-refractivity contribution in [2.75, 3.05) is 53.6 Å². The molecule has 4 rings (SSSR count). The summed E-state index contributed by atoms with van der Waals surface area (Å²) in [5, 5.41) is 30.8. The molecule has 1 aromatic heterocycles. The van der Waals surface area contributed by atoms with Crippen LogP contribution >= 0.6 is 0 Å². The summed E-state index contributed by atoms with van der Waals surface area (Å²) in [6, 6.07) is 7.81. The zero-order valence-corrected chi connectivity index (χ0v) is 23.7. The number of hydrogen-bond acceptors (Lipinski definition) is 8. The second-order valence-electron chi connectivity index (χ2n) is 11.0. The molecule has 1 fully saturated rings. The number of carbonyl (C=O) groups excluding carboxylic acids is 1. The van der Waals surface area contributed by atoms with Crippen LogP contribution in [0.5, 0.6) is 23.3 Å². The molecule has 11 nitrogen and oxygen atoms in total. The molecule has 2 aliphatic rings. The number of benzene rings is 1. The molecule has 3 N–H and O–H groups in total. The fourth-order valence-electron chi connectivity index (χ4n) is 5.83. The quantitative estimate of drug-likeness (QED) is 0.321. The molecule has 1 saturated heterocycles. The fraction of sp³-hybridized carbons (Fsp3) is 0.586. The highest BCUT2D eigenvalue weighted by Crippen LogP contribution is 2.43. The lowest BCUT2D eigenvalue weighted by atomic mass is 9.84. The van der Waals surface area contributed by atoms with Crippen molar-refractivity contribution < 1.29 is 34.4 Å². The van der Waals surface area contributed by atoms with Gasteiger partial charge in [0.2, 0.25) is 12.7 Å². The first-order valence-corrected chi connectivity index (χ1v) is 14.1. The van der Waals surface area contributed by atoms with Gasteiger partial charge in [0.25, 0.3) is 0 Å². The van der Waals surface area contributed by atoms with Gasteiger partial charge in [-0.1, -0.05) is 19.4 Å². The Hall–Kier alpha value is -3.44. The largest absolute Gasteiger partial charge is 0.494 e. The summed E-state index contributed by atoms with van der Waals surface area (Å²) >= 11 is 0. The third-order valence-electron chi connectivity index (χ3n) is 7.95. The first-order valence-electron chi connectivity index (χ1n) is 14.1. The van der Waals surface area contributed by atoms with Crippen LogP contribution in [0.2, 0.25) is 0 Å². The van der Waals surface area contributed by atoms with Crippen LogP contribution in [0.1, 0.15) is 44.1 Å². The lowest BCUT2D eigenvalue weighted by molar-refractivity contribution is -0.144. The van der Waals surface area contributed by atoms with Crippen LogP contribution in [-0.4, -0.2) is 106 Å². The highest BCUT2D eigenvalue weighted by atomic mass is 16.7. The van der Waals surface area contributed by atoms with Crippen molar-refractivity contribution in [1.29, 1.82) is 0 Å². The average molecular weight is 559 g/mol. The molecule has 220 valence electrons. The smallest absolute Gasteiger partial charge is 0.308 e. The number of ether oxygens (including phenoxy) is 2. The molecule has 1 unspecified atom stereocenters. The summed E-state index contributed by atoms with van der Waals surface area (Å²) < 4.78 is 12.3. The van der Waals surface area contributed by atoms with E-state index in [1.807, 2.05) is 36.0 Å². The Bertz CT molecular complexity index is 1150. The highest BCUT2D eigenvalue weighted by Gasteiger charge is 2.47.